The van der Waals surface area contributed by atoms with Gasteiger partial charge in [0.1, 0.15) is 0 Å². The Balaban J connectivity index is 0. The zero-order valence-electron chi connectivity index (χ0n) is 5.74. The molecule has 0 unspecified atom stereocenters. The van der Waals surface area contributed by atoms with Crippen LogP contribution in [0, 0.1) is 0 Å². The van der Waals surface area contributed by atoms with Gasteiger partial charge in [0.15, 0.2) is 0 Å². The van der Waals surface area contributed by atoms with Crippen LogP contribution in [-0.2, 0) is 9.53 Å². The summed E-state index contributed by atoms with van der Waals surface area (Å²) in [6.07, 6.45) is -0.787. The topological polar surface area (TPSA) is 72.5 Å². The van der Waals surface area contributed by atoms with Gasteiger partial charge in [-0.3, -0.25) is 4.79 Å². The Morgan fingerprint density at radius 2 is 2.30 bits per heavy atom. The molecule has 62 valence electrons. The molecule has 1 atom stereocenters. The van der Waals surface area contributed by atoms with Crippen LogP contribution in [0.1, 0.15) is 6.42 Å². The third-order valence-electron chi connectivity index (χ3n) is 0.902. The number of aliphatic hydroxyl groups is 1. The number of carbonyl (C=O) groups excluding carboxylic acids is 1. The first-order valence-electron chi connectivity index (χ1n) is 2.65. The Morgan fingerprint density at radius 3 is 2.60 bits per heavy atom. The van der Waals surface area contributed by atoms with Crippen LogP contribution in [0.4, 0.5) is 0 Å². The average Bonchev–Trinajstić information content (AvgIpc) is 1.87. The number of halogens is 1. The molecule has 0 saturated heterocycles. The lowest BCUT2D eigenvalue weighted by Gasteiger charge is -2.03. The van der Waals surface area contributed by atoms with E-state index >= 15 is 0 Å². The molecule has 0 saturated carbocycles. The molecule has 0 aliphatic carbocycles. The molecule has 10 heavy (non-hydrogen) atoms. The number of aliphatic hydroxyl groups excluding tert-OH is 1. The van der Waals surface area contributed by atoms with Gasteiger partial charge in [-0.05, 0) is 0 Å². The van der Waals surface area contributed by atoms with Gasteiger partial charge in [-0.1, -0.05) is 0 Å². The zero-order chi connectivity index (χ0) is 7.28. The molecule has 0 aromatic heterocycles. The Hall–Kier alpha value is -0.320. The molecule has 0 aliphatic heterocycles. The highest BCUT2D eigenvalue weighted by molar-refractivity contribution is 5.85. The summed E-state index contributed by atoms with van der Waals surface area (Å²) in [5, 5.41) is 8.73. The van der Waals surface area contributed by atoms with Crippen molar-refractivity contribution < 1.29 is 14.6 Å². The Bertz CT molecular complexity index is 98.9. The lowest BCUT2D eigenvalue weighted by atomic mass is 10.2. The van der Waals surface area contributed by atoms with Crippen LogP contribution >= 0.6 is 12.4 Å². The van der Waals surface area contributed by atoms with Crippen LogP contribution in [0.5, 0.6) is 0 Å². The predicted octanol–water partition coefficient (Wildman–Crippen LogP) is -0.709. The summed E-state index contributed by atoms with van der Waals surface area (Å²) in [4.78, 5) is 10.3. The fourth-order valence-corrected chi connectivity index (χ4v) is 0.359. The predicted molar refractivity (Wildman–Crippen MR) is 38.9 cm³/mol. The van der Waals surface area contributed by atoms with Crippen molar-refractivity contribution in [3.63, 3.8) is 0 Å². The molecule has 0 heterocycles. The summed E-state index contributed by atoms with van der Waals surface area (Å²) < 4.78 is 4.27. The van der Waals surface area contributed by atoms with Gasteiger partial charge in [0.05, 0.1) is 19.6 Å². The third kappa shape index (κ3) is 5.81. The van der Waals surface area contributed by atoms with Crippen LogP contribution in [0.3, 0.4) is 0 Å². The number of methoxy groups -OCH3 is 1. The van der Waals surface area contributed by atoms with Crippen molar-refractivity contribution in [1.29, 1.82) is 0 Å². The molecular weight excluding hydrogens is 158 g/mol. The van der Waals surface area contributed by atoms with E-state index < -0.39 is 12.1 Å². The molecule has 0 radical (unpaired) electrons. The lowest BCUT2D eigenvalue weighted by molar-refractivity contribution is -0.142. The second kappa shape index (κ2) is 6.80. The molecule has 0 spiro atoms. The van der Waals surface area contributed by atoms with Gasteiger partial charge in [0.25, 0.3) is 0 Å². The normalized spacial score (nSPS) is 11.5. The highest BCUT2D eigenvalue weighted by Gasteiger charge is 2.07. The average molecular weight is 170 g/mol. The van der Waals surface area contributed by atoms with Crippen LogP contribution < -0.4 is 5.73 Å². The minimum Gasteiger partial charge on any atom is -0.469 e. The van der Waals surface area contributed by atoms with Crippen LogP contribution in [0.2, 0.25) is 0 Å². The van der Waals surface area contributed by atoms with Gasteiger partial charge in [0, 0.05) is 6.54 Å². The molecule has 0 rings (SSSR count). The monoisotopic (exact) mass is 169 g/mol. The fourth-order valence-electron chi connectivity index (χ4n) is 0.359. The van der Waals surface area contributed by atoms with Crippen molar-refractivity contribution >= 4 is 18.4 Å². The van der Waals surface area contributed by atoms with Crippen molar-refractivity contribution in [3.8, 4) is 0 Å². The van der Waals surface area contributed by atoms with Crippen LogP contribution in [-0.4, -0.2) is 30.8 Å². The second-order valence-corrected chi connectivity index (χ2v) is 1.67. The largest absolute Gasteiger partial charge is 0.469 e. The molecule has 3 N–H and O–H groups in total. The van der Waals surface area contributed by atoms with E-state index in [1.165, 1.54) is 7.11 Å². The molecule has 0 bridgehead atoms. The molecule has 0 aromatic carbocycles. The van der Waals surface area contributed by atoms with E-state index in [0.717, 1.165) is 0 Å². The first-order chi connectivity index (χ1) is 4.20. The van der Waals surface area contributed by atoms with E-state index in [1.54, 1.807) is 0 Å². The lowest BCUT2D eigenvalue weighted by Crippen LogP contribution is -2.23. The van der Waals surface area contributed by atoms with Crippen LogP contribution in [0.25, 0.3) is 0 Å². The molecule has 0 amide bonds. The Labute approximate surface area is 65.8 Å². The van der Waals surface area contributed by atoms with E-state index in [0.29, 0.717) is 0 Å². The standard InChI is InChI=1S/C5H11NO3.ClH/c1-9-5(8)2-4(7)3-6;/h4,7H,2-3,6H2,1H3;1H/t4-;/m1./s1. The first kappa shape index (κ1) is 12.4. The number of hydrogen-bond donors (Lipinski definition) is 2. The maximum Gasteiger partial charge on any atom is 0.308 e. The summed E-state index contributed by atoms with van der Waals surface area (Å²) in [7, 11) is 1.27. The zero-order valence-corrected chi connectivity index (χ0v) is 6.56. The van der Waals surface area contributed by atoms with Gasteiger partial charge in [-0.15, -0.1) is 12.4 Å². The van der Waals surface area contributed by atoms with Gasteiger partial charge >= 0.3 is 5.97 Å². The molecule has 0 aliphatic rings. The summed E-state index contributed by atoms with van der Waals surface area (Å²) in [5.74, 6) is -0.437. The maximum atomic E-state index is 10.3. The van der Waals surface area contributed by atoms with Crippen LogP contribution in [0.15, 0.2) is 0 Å². The highest BCUT2D eigenvalue weighted by atomic mass is 35.5. The summed E-state index contributed by atoms with van der Waals surface area (Å²) in [5.41, 5.74) is 5.02. The Morgan fingerprint density at radius 1 is 1.80 bits per heavy atom. The quantitative estimate of drug-likeness (QED) is 0.548. The van der Waals surface area contributed by atoms with Crippen molar-refractivity contribution in [3.05, 3.63) is 0 Å². The summed E-state index contributed by atoms with van der Waals surface area (Å²) in [6.45, 7) is 0.0924. The third-order valence-corrected chi connectivity index (χ3v) is 0.902. The second-order valence-electron chi connectivity index (χ2n) is 1.67. The minimum atomic E-state index is -0.766. The molecule has 0 aromatic rings. The van der Waals surface area contributed by atoms with Crippen molar-refractivity contribution in [1.82, 2.24) is 0 Å². The molecule has 0 fully saturated rings. The van der Waals surface area contributed by atoms with E-state index in [2.05, 4.69) is 4.74 Å². The number of esters is 1. The van der Waals surface area contributed by atoms with E-state index in [9.17, 15) is 4.79 Å². The van der Waals surface area contributed by atoms with Gasteiger partial charge < -0.3 is 15.6 Å². The van der Waals surface area contributed by atoms with Gasteiger partial charge in [0.2, 0.25) is 0 Å². The SMILES string of the molecule is COC(=O)C[C@@H](O)CN.Cl. The highest BCUT2D eigenvalue weighted by Crippen LogP contribution is 1.89. The van der Waals surface area contributed by atoms with Gasteiger partial charge in [-0.2, -0.15) is 0 Å². The number of hydrogen-bond acceptors (Lipinski definition) is 4. The minimum absolute atomic E-state index is 0. The van der Waals surface area contributed by atoms with E-state index in [1.807, 2.05) is 0 Å². The smallest absolute Gasteiger partial charge is 0.308 e. The molecule has 4 nitrogen and oxygen atoms in total. The van der Waals surface area contributed by atoms with Crippen molar-refractivity contribution in [2.24, 2.45) is 5.73 Å². The molecular formula is C5H12ClNO3. The maximum absolute atomic E-state index is 10.3. The van der Waals surface area contributed by atoms with E-state index in [-0.39, 0.29) is 25.4 Å². The summed E-state index contributed by atoms with van der Waals surface area (Å²) >= 11 is 0. The molecule has 5 heteroatoms. The fraction of sp³-hybridized carbons (Fsp3) is 0.800. The summed E-state index contributed by atoms with van der Waals surface area (Å²) in [6, 6.07) is 0. The van der Waals surface area contributed by atoms with Crippen molar-refractivity contribution in [2.45, 2.75) is 12.5 Å². The number of nitrogens with two attached hydrogens (primary N) is 1. The van der Waals surface area contributed by atoms with Crippen molar-refractivity contribution in [2.75, 3.05) is 13.7 Å². The van der Waals surface area contributed by atoms with E-state index in [4.69, 9.17) is 10.8 Å². The number of carbonyl (C=O) groups is 1. The number of ether oxygens (including phenoxy) is 1. The van der Waals surface area contributed by atoms with Gasteiger partial charge in [-0.25, -0.2) is 0 Å². The number of rotatable bonds is 3. The Kier molecular flexibility index (Phi) is 8.40. The first-order valence-corrected chi connectivity index (χ1v) is 2.65.